The Hall–Kier alpha value is -2.80. The van der Waals surface area contributed by atoms with E-state index in [1.54, 1.807) is 0 Å². The van der Waals surface area contributed by atoms with Crippen molar-refractivity contribution < 1.29 is 0 Å². The van der Waals surface area contributed by atoms with Crippen molar-refractivity contribution in [2.24, 2.45) is 0 Å². The molecule has 5 aromatic carbocycles. The Morgan fingerprint density at radius 1 is 0.621 bits per heavy atom. The van der Waals surface area contributed by atoms with Gasteiger partial charge in [0.2, 0.25) is 0 Å². The van der Waals surface area contributed by atoms with Crippen molar-refractivity contribution in [1.29, 1.82) is 0 Å². The number of aryl methyl sites for hydroxylation is 1. The van der Waals surface area contributed by atoms with E-state index in [9.17, 15) is 0 Å². The average Bonchev–Trinajstić information content (AvgIpc) is 2.73. The van der Waals surface area contributed by atoms with E-state index < -0.39 is 0 Å². The molecule has 0 atom stereocenters. The molecule has 0 saturated heterocycles. The van der Waals surface area contributed by atoms with Crippen LogP contribution in [0.4, 0.5) is 5.69 Å². The monoisotopic (exact) mass is 379 g/mol. The SMILES string of the molecule is CCCCCCCCc1cc2cc(N)cc3c4cccc5cccc(c(c1)c23)c54. The van der Waals surface area contributed by atoms with Crippen molar-refractivity contribution in [3.8, 4) is 0 Å². The third-order valence-corrected chi connectivity index (χ3v) is 6.44. The average molecular weight is 380 g/mol. The number of anilines is 1. The van der Waals surface area contributed by atoms with Gasteiger partial charge >= 0.3 is 0 Å². The number of hydrogen-bond acceptors (Lipinski definition) is 1. The Balaban J connectivity index is 1.66. The van der Waals surface area contributed by atoms with E-state index >= 15 is 0 Å². The molecule has 5 aromatic rings. The van der Waals surface area contributed by atoms with Gasteiger partial charge in [-0.1, -0.05) is 87.6 Å². The van der Waals surface area contributed by atoms with E-state index in [0.29, 0.717) is 0 Å². The van der Waals surface area contributed by atoms with Gasteiger partial charge in [-0.05, 0) is 73.6 Å². The van der Waals surface area contributed by atoms with E-state index in [4.69, 9.17) is 5.73 Å². The van der Waals surface area contributed by atoms with Crippen molar-refractivity contribution in [3.63, 3.8) is 0 Å². The van der Waals surface area contributed by atoms with E-state index in [1.807, 2.05) is 0 Å². The van der Waals surface area contributed by atoms with Crippen LogP contribution in [0, 0.1) is 0 Å². The Labute approximate surface area is 172 Å². The summed E-state index contributed by atoms with van der Waals surface area (Å²) >= 11 is 0. The van der Waals surface area contributed by atoms with Crippen LogP contribution in [0.25, 0.3) is 43.1 Å². The van der Waals surface area contributed by atoms with Crippen LogP contribution in [-0.4, -0.2) is 0 Å². The maximum absolute atomic E-state index is 6.34. The molecule has 0 saturated carbocycles. The Bertz CT molecular complexity index is 1290. The first kappa shape index (κ1) is 18.2. The first-order valence-electron chi connectivity index (χ1n) is 11.1. The molecule has 0 radical (unpaired) electrons. The summed E-state index contributed by atoms with van der Waals surface area (Å²) in [7, 11) is 0. The highest BCUT2D eigenvalue weighted by Crippen LogP contribution is 2.41. The van der Waals surface area contributed by atoms with Crippen LogP contribution in [-0.2, 0) is 6.42 Å². The highest BCUT2D eigenvalue weighted by molar-refractivity contribution is 6.33. The van der Waals surface area contributed by atoms with Gasteiger partial charge in [-0.3, -0.25) is 0 Å². The van der Waals surface area contributed by atoms with Gasteiger partial charge in [-0.2, -0.15) is 0 Å². The molecule has 2 N–H and O–H groups in total. The summed E-state index contributed by atoms with van der Waals surface area (Å²) in [4.78, 5) is 0. The maximum Gasteiger partial charge on any atom is 0.0326 e. The van der Waals surface area contributed by atoms with E-state index in [2.05, 4.69) is 67.6 Å². The van der Waals surface area contributed by atoms with Gasteiger partial charge in [0.1, 0.15) is 0 Å². The molecule has 1 heteroatoms. The lowest BCUT2D eigenvalue weighted by Gasteiger charge is -2.16. The van der Waals surface area contributed by atoms with Crippen LogP contribution in [0.5, 0.6) is 0 Å². The molecule has 0 heterocycles. The zero-order valence-electron chi connectivity index (χ0n) is 17.3. The number of hydrogen-bond donors (Lipinski definition) is 1. The molecule has 0 aliphatic heterocycles. The van der Waals surface area contributed by atoms with Crippen LogP contribution in [0.1, 0.15) is 51.0 Å². The van der Waals surface area contributed by atoms with Crippen molar-refractivity contribution in [1.82, 2.24) is 0 Å². The molecule has 0 fully saturated rings. The Kier molecular flexibility index (Phi) is 4.75. The highest BCUT2D eigenvalue weighted by atomic mass is 14.5. The van der Waals surface area contributed by atoms with E-state index in [-0.39, 0.29) is 0 Å². The fourth-order valence-corrected chi connectivity index (χ4v) is 5.07. The number of fused-ring (bicyclic) bond motifs is 2. The maximum atomic E-state index is 6.34. The second-order valence-electron chi connectivity index (χ2n) is 8.54. The first-order chi connectivity index (χ1) is 14.3. The molecule has 0 aliphatic carbocycles. The van der Waals surface area contributed by atoms with Gasteiger partial charge in [0.25, 0.3) is 0 Å². The Morgan fingerprint density at radius 2 is 1.28 bits per heavy atom. The fourth-order valence-electron chi connectivity index (χ4n) is 5.07. The molecule has 5 rings (SSSR count). The highest BCUT2D eigenvalue weighted by Gasteiger charge is 2.14. The number of nitrogens with two attached hydrogens (primary N) is 1. The predicted octanol–water partition coefficient (Wildman–Crippen LogP) is 8.22. The van der Waals surface area contributed by atoms with Crippen molar-refractivity contribution >= 4 is 48.8 Å². The molecule has 0 amide bonds. The number of unbranched alkanes of at least 4 members (excludes halogenated alkanes) is 5. The van der Waals surface area contributed by atoms with Crippen LogP contribution < -0.4 is 5.73 Å². The molecule has 0 aromatic heterocycles. The zero-order chi connectivity index (χ0) is 19.8. The van der Waals surface area contributed by atoms with Crippen molar-refractivity contribution in [2.75, 3.05) is 5.73 Å². The second kappa shape index (κ2) is 7.55. The summed E-state index contributed by atoms with van der Waals surface area (Å²) < 4.78 is 0. The summed E-state index contributed by atoms with van der Waals surface area (Å²) in [6.07, 6.45) is 9.15. The van der Waals surface area contributed by atoms with Crippen molar-refractivity contribution in [2.45, 2.75) is 51.9 Å². The number of nitrogen functional groups attached to an aromatic ring is 1. The predicted molar refractivity (Wildman–Crippen MR) is 129 cm³/mol. The van der Waals surface area contributed by atoms with Crippen LogP contribution in [0.2, 0.25) is 0 Å². The van der Waals surface area contributed by atoms with E-state index in [1.165, 1.54) is 87.2 Å². The molecular formula is C28H29N. The fraction of sp³-hybridized carbons (Fsp3) is 0.286. The normalized spacial score (nSPS) is 12.0. The van der Waals surface area contributed by atoms with Gasteiger partial charge in [-0.25, -0.2) is 0 Å². The second-order valence-corrected chi connectivity index (χ2v) is 8.54. The van der Waals surface area contributed by atoms with Crippen LogP contribution >= 0.6 is 0 Å². The standard InChI is InChI=1S/C28H29N/c1-2-3-4-5-6-7-10-19-15-21-17-22(29)18-26-24-14-9-12-20-11-8-13-23(27(20)24)25(16-19)28(21)26/h8-9,11-18H,2-7,10,29H2,1H3. The minimum Gasteiger partial charge on any atom is -0.399 e. The van der Waals surface area contributed by atoms with Crippen LogP contribution in [0.15, 0.2) is 60.7 Å². The van der Waals surface area contributed by atoms with Gasteiger partial charge in [0.05, 0.1) is 0 Å². The lowest BCUT2D eigenvalue weighted by atomic mass is 9.88. The first-order valence-corrected chi connectivity index (χ1v) is 11.1. The summed E-state index contributed by atoms with van der Waals surface area (Å²) in [6.45, 7) is 2.28. The summed E-state index contributed by atoms with van der Waals surface area (Å²) in [6, 6.07) is 22.4. The quantitative estimate of drug-likeness (QED) is 0.131. The van der Waals surface area contributed by atoms with Crippen molar-refractivity contribution in [3.05, 3.63) is 66.2 Å². The molecule has 1 nitrogen and oxygen atoms in total. The smallest absolute Gasteiger partial charge is 0.0326 e. The van der Waals surface area contributed by atoms with Gasteiger partial charge in [0.15, 0.2) is 0 Å². The minimum atomic E-state index is 0.853. The third kappa shape index (κ3) is 3.19. The van der Waals surface area contributed by atoms with Gasteiger partial charge < -0.3 is 5.73 Å². The summed E-state index contributed by atoms with van der Waals surface area (Å²) in [5.41, 5.74) is 8.63. The van der Waals surface area contributed by atoms with E-state index in [0.717, 1.165) is 12.1 Å². The van der Waals surface area contributed by atoms with Gasteiger partial charge in [0, 0.05) is 5.69 Å². The number of rotatable bonds is 7. The molecule has 0 aliphatic rings. The topological polar surface area (TPSA) is 26.0 Å². The molecule has 146 valence electrons. The lowest BCUT2D eigenvalue weighted by molar-refractivity contribution is 0.608. The third-order valence-electron chi connectivity index (χ3n) is 6.44. The molecule has 0 bridgehead atoms. The lowest BCUT2D eigenvalue weighted by Crippen LogP contribution is -1.93. The minimum absolute atomic E-state index is 0.853. The van der Waals surface area contributed by atoms with Gasteiger partial charge in [-0.15, -0.1) is 0 Å². The largest absolute Gasteiger partial charge is 0.399 e. The molecule has 0 spiro atoms. The van der Waals surface area contributed by atoms with Crippen LogP contribution in [0.3, 0.4) is 0 Å². The Morgan fingerprint density at radius 3 is 2.03 bits per heavy atom. The summed E-state index contributed by atoms with van der Waals surface area (Å²) in [5.74, 6) is 0. The molecule has 29 heavy (non-hydrogen) atoms. The zero-order valence-corrected chi connectivity index (χ0v) is 17.3. The molecular weight excluding hydrogens is 350 g/mol. The number of benzene rings is 5. The molecule has 0 unspecified atom stereocenters. The summed E-state index contributed by atoms with van der Waals surface area (Å²) in [5, 5.41) is 10.7.